The van der Waals surface area contributed by atoms with E-state index < -0.39 is 15.9 Å². The van der Waals surface area contributed by atoms with Gasteiger partial charge in [0.05, 0.1) is 29.7 Å². The molecule has 0 aromatic heterocycles. The number of morpholine rings is 1. The predicted molar refractivity (Wildman–Crippen MR) is 127 cm³/mol. The lowest BCUT2D eigenvalue weighted by Gasteiger charge is -2.26. The van der Waals surface area contributed by atoms with Crippen LogP contribution in [0, 0.1) is 11.3 Å². The molecule has 9 heteroatoms. The molecule has 0 radical (unpaired) electrons. The molecule has 4 rings (SSSR count). The van der Waals surface area contributed by atoms with Crippen LogP contribution in [-0.4, -0.2) is 51.5 Å². The van der Waals surface area contributed by atoms with Gasteiger partial charge >= 0.3 is 0 Å². The Morgan fingerprint density at radius 2 is 1.65 bits per heavy atom. The van der Waals surface area contributed by atoms with Crippen molar-refractivity contribution in [2.24, 2.45) is 0 Å². The van der Waals surface area contributed by atoms with Gasteiger partial charge in [-0.3, -0.25) is 4.79 Å². The van der Waals surface area contributed by atoms with Crippen LogP contribution in [0.25, 0.3) is 11.1 Å². The number of nitrogens with one attached hydrogen (secondary N) is 1. The third-order valence-electron chi connectivity index (χ3n) is 5.30. The Balaban J connectivity index is 1.34. The van der Waals surface area contributed by atoms with Crippen molar-refractivity contribution in [1.82, 2.24) is 4.31 Å². The van der Waals surface area contributed by atoms with Crippen molar-refractivity contribution in [2.75, 3.05) is 38.2 Å². The summed E-state index contributed by atoms with van der Waals surface area (Å²) in [4.78, 5) is 12.5. The Hall–Kier alpha value is -3.71. The van der Waals surface area contributed by atoms with Crippen molar-refractivity contribution in [1.29, 1.82) is 5.26 Å². The first-order chi connectivity index (χ1) is 16.5. The molecular formula is C25H23N3O5S. The summed E-state index contributed by atoms with van der Waals surface area (Å²) < 4.78 is 37.8. The molecule has 1 N–H and O–H groups in total. The van der Waals surface area contributed by atoms with Crippen LogP contribution in [0.1, 0.15) is 5.56 Å². The molecule has 1 aliphatic heterocycles. The summed E-state index contributed by atoms with van der Waals surface area (Å²) in [7, 11) is -3.65. The van der Waals surface area contributed by atoms with E-state index in [4.69, 9.17) is 14.7 Å². The van der Waals surface area contributed by atoms with E-state index >= 15 is 0 Å². The van der Waals surface area contributed by atoms with Gasteiger partial charge in [0.1, 0.15) is 5.75 Å². The fourth-order valence-corrected chi connectivity index (χ4v) is 4.95. The summed E-state index contributed by atoms with van der Waals surface area (Å²) in [5, 5.41) is 11.6. The van der Waals surface area contributed by atoms with Gasteiger partial charge in [-0.2, -0.15) is 9.57 Å². The van der Waals surface area contributed by atoms with Crippen LogP contribution in [0.2, 0.25) is 0 Å². The Morgan fingerprint density at radius 3 is 2.29 bits per heavy atom. The number of hydrogen-bond donors (Lipinski definition) is 1. The molecule has 0 unspecified atom stereocenters. The topological polar surface area (TPSA) is 109 Å². The summed E-state index contributed by atoms with van der Waals surface area (Å²) in [5.74, 6) is 0.119. The van der Waals surface area contributed by atoms with Gasteiger partial charge in [0.15, 0.2) is 6.61 Å². The van der Waals surface area contributed by atoms with Crippen molar-refractivity contribution in [2.45, 2.75) is 4.90 Å². The molecule has 0 saturated carbocycles. The second-order valence-corrected chi connectivity index (χ2v) is 9.53. The van der Waals surface area contributed by atoms with Crippen molar-refractivity contribution < 1.29 is 22.7 Å². The first-order valence-corrected chi connectivity index (χ1v) is 12.1. The van der Waals surface area contributed by atoms with Gasteiger partial charge in [-0.15, -0.1) is 0 Å². The van der Waals surface area contributed by atoms with E-state index in [1.165, 1.54) is 16.4 Å². The number of benzene rings is 3. The minimum atomic E-state index is -3.65. The van der Waals surface area contributed by atoms with E-state index in [0.717, 1.165) is 11.1 Å². The highest BCUT2D eigenvalue weighted by Crippen LogP contribution is 2.23. The van der Waals surface area contributed by atoms with E-state index in [9.17, 15) is 13.2 Å². The molecule has 174 valence electrons. The summed E-state index contributed by atoms with van der Waals surface area (Å²) >= 11 is 0. The van der Waals surface area contributed by atoms with Crippen LogP contribution in [0.4, 0.5) is 5.69 Å². The molecule has 0 bridgehead atoms. The van der Waals surface area contributed by atoms with Gasteiger partial charge in [-0.25, -0.2) is 8.42 Å². The maximum atomic E-state index is 12.8. The molecule has 34 heavy (non-hydrogen) atoms. The average Bonchev–Trinajstić information content (AvgIpc) is 2.88. The number of nitrogens with zero attached hydrogens (tertiary/aromatic N) is 2. The Bertz CT molecular complexity index is 1290. The molecule has 1 saturated heterocycles. The third-order valence-corrected chi connectivity index (χ3v) is 7.19. The predicted octanol–water partition coefficient (Wildman–Crippen LogP) is 3.26. The summed E-state index contributed by atoms with van der Waals surface area (Å²) in [5.41, 5.74) is 2.90. The third kappa shape index (κ3) is 5.61. The number of sulfonamides is 1. The zero-order valence-electron chi connectivity index (χ0n) is 18.3. The minimum Gasteiger partial charge on any atom is -0.484 e. The molecule has 0 atom stereocenters. The molecule has 1 heterocycles. The molecule has 0 spiro atoms. The number of hydrogen-bond acceptors (Lipinski definition) is 6. The van der Waals surface area contributed by atoms with Gasteiger partial charge in [0.2, 0.25) is 10.0 Å². The van der Waals surface area contributed by atoms with E-state index in [1.54, 1.807) is 36.4 Å². The highest BCUT2D eigenvalue weighted by Gasteiger charge is 2.26. The van der Waals surface area contributed by atoms with Gasteiger partial charge in [-0.1, -0.05) is 30.3 Å². The zero-order valence-corrected chi connectivity index (χ0v) is 19.1. The molecule has 1 aliphatic rings. The molecule has 8 nitrogen and oxygen atoms in total. The van der Waals surface area contributed by atoms with Crippen LogP contribution in [-0.2, 0) is 19.6 Å². The highest BCUT2D eigenvalue weighted by atomic mass is 32.2. The second kappa shape index (κ2) is 10.5. The maximum absolute atomic E-state index is 12.8. The normalized spacial score (nSPS) is 14.2. The monoisotopic (exact) mass is 477 g/mol. The highest BCUT2D eigenvalue weighted by molar-refractivity contribution is 7.89. The quantitative estimate of drug-likeness (QED) is 0.560. The van der Waals surface area contributed by atoms with Crippen molar-refractivity contribution in [3.8, 4) is 22.9 Å². The van der Waals surface area contributed by atoms with E-state index in [0.29, 0.717) is 43.3 Å². The van der Waals surface area contributed by atoms with Crippen LogP contribution >= 0.6 is 0 Å². The number of amides is 1. The lowest BCUT2D eigenvalue weighted by molar-refractivity contribution is -0.118. The van der Waals surface area contributed by atoms with Gasteiger partial charge in [-0.05, 0) is 53.6 Å². The molecule has 0 aliphatic carbocycles. The Labute approximate surface area is 198 Å². The SMILES string of the molecule is N#Cc1ccc(-c2ccc(OCC(=O)Nc3cccc(S(=O)(=O)N4CCOCC4)c3)cc2)cc1. The van der Waals surface area contributed by atoms with Crippen molar-refractivity contribution >= 4 is 21.6 Å². The van der Waals surface area contributed by atoms with Gasteiger partial charge < -0.3 is 14.8 Å². The smallest absolute Gasteiger partial charge is 0.262 e. The van der Waals surface area contributed by atoms with E-state index in [-0.39, 0.29) is 11.5 Å². The van der Waals surface area contributed by atoms with E-state index in [2.05, 4.69) is 11.4 Å². The van der Waals surface area contributed by atoms with Crippen molar-refractivity contribution in [3.63, 3.8) is 0 Å². The number of ether oxygens (including phenoxy) is 2. The number of carbonyl (C=O) groups excluding carboxylic acids is 1. The van der Waals surface area contributed by atoms with Crippen LogP contribution in [0.15, 0.2) is 77.7 Å². The second-order valence-electron chi connectivity index (χ2n) is 7.59. The fourth-order valence-electron chi connectivity index (χ4n) is 3.50. The number of nitriles is 1. The fraction of sp³-hybridized carbons (Fsp3) is 0.200. The largest absolute Gasteiger partial charge is 0.484 e. The minimum absolute atomic E-state index is 0.117. The Kier molecular flexibility index (Phi) is 7.23. The molecule has 1 fully saturated rings. The summed E-state index contributed by atoms with van der Waals surface area (Å²) in [6.45, 7) is 1.10. The van der Waals surface area contributed by atoms with Gasteiger partial charge in [0.25, 0.3) is 5.91 Å². The molecule has 1 amide bonds. The summed E-state index contributed by atoms with van der Waals surface area (Å²) in [6, 6.07) is 22.8. The molecular weight excluding hydrogens is 454 g/mol. The lowest BCUT2D eigenvalue weighted by atomic mass is 10.0. The Morgan fingerprint density at radius 1 is 1.00 bits per heavy atom. The van der Waals surface area contributed by atoms with E-state index in [1.807, 2.05) is 24.3 Å². The summed E-state index contributed by atoms with van der Waals surface area (Å²) in [6.07, 6.45) is 0. The van der Waals surface area contributed by atoms with Crippen LogP contribution < -0.4 is 10.1 Å². The maximum Gasteiger partial charge on any atom is 0.262 e. The average molecular weight is 478 g/mol. The van der Waals surface area contributed by atoms with Gasteiger partial charge in [0, 0.05) is 18.8 Å². The number of carbonyl (C=O) groups is 1. The number of rotatable bonds is 7. The molecule has 3 aromatic carbocycles. The number of anilines is 1. The van der Waals surface area contributed by atoms with Crippen LogP contribution in [0.3, 0.4) is 0 Å². The lowest BCUT2D eigenvalue weighted by Crippen LogP contribution is -2.40. The zero-order chi connectivity index (χ0) is 24.0. The first-order valence-electron chi connectivity index (χ1n) is 10.7. The first kappa shape index (κ1) is 23.4. The van der Waals surface area contributed by atoms with Crippen molar-refractivity contribution in [3.05, 3.63) is 78.4 Å². The standard InChI is InChI=1S/C25H23N3O5S/c26-17-19-4-6-20(7-5-19)21-8-10-23(11-9-21)33-18-25(29)27-22-2-1-3-24(16-22)34(30,31)28-12-14-32-15-13-28/h1-11,16H,12-15,18H2,(H,27,29). The van der Waals surface area contributed by atoms with Crippen LogP contribution in [0.5, 0.6) is 5.75 Å². The molecule has 3 aromatic rings.